The van der Waals surface area contributed by atoms with Crippen LogP contribution >= 0.6 is 0 Å². The quantitative estimate of drug-likeness (QED) is 0.576. The van der Waals surface area contributed by atoms with E-state index in [4.69, 9.17) is 5.73 Å². The van der Waals surface area contributed by atoms with Gasteiger partial charge in [-0.2, -0.15) is 0 Å². The summed E-state index contributed by atoms with van der Waals surface area (Å²) in [5.74, 6) is 0.215. The Morgan fingerprint density at radius 3 is 2.41 bits per heavy atom. The molecule has 4 N–H and O–H groups in total. The van der Waals surface area contributed by atoms with E-state index >= 15 is 0 Å². The predicted molar refractivity (Wildman–Crippen MR) is 125 cm³/mol. The van der Waals surface area contributed by atoms with Gasteiger partial charge in [0.1, 0.15) is 18.0 Å². The summed E-state index contributed by atoms with van der Waals surface area (Å²) in [7, 11) is 0. The second-order valence-corrected chi connectivity index (χ2v) is 8.39. The number of carbonyl (C=O) groups excluding carboxylic acids is 1. The van der Waals surface area contributed by atoms with Crippen molar-refractivity contribution in [1.29, 1.82) is 0 Å². The summed E-state index contributed by atoms with van der Waals surface area (Å²) in [6.07, 6.45) is 1.91. The number of hydrogen-bond acceptors (Lipinski definition) is 6. The molecular formula is C24H36FN5O2. The summed E-state index contributed by atoms with van der Waals surface area (Å²) in [4.78, 5) is 22.1. The zero-order chi connectivity index (χ0) is 23.8. The lowest BCUT2D eigenvalue weighted by atomic mass is 9.98. The number of nitrogens with zero attached hydrogens (tertiary/aromatic N) is 3. The number of rotatable bonds is 8. The van der Waals surface area contributed by atoms with Crippen LogP contribution < -0.4 is 16.0 Å². The largest absolute Gasteiger partial charge is 0.387 e. The van der Waals surface area contributed by atoms with Gasteiger partial charge in [-0.05, 0) is 43.9 Å². The lowest BCUT2D eigenvalue weighted by Gasteiger charge is -2.23. The van der Waals surface area contributed by atoms with Crippen LogP contribution in [-0.4, -0.2) is 46.7 Å². The highest BCUT2D eigenvalue weighted by Gasteiger charge is 2.32. The third-order valence-corrected chi connectivity index (χ3v) is 5.69. The minimum Gasteiger partial charge on any atom is -0.387 e. The van der Waals surface area contributed by atoms with E-state index in [2.05, 4.69) is 41.0 Å². The van der Waals surface area contributed by atoms with Crippen molar-refractivity contribution < 1.29 is 14.3 Å². The third kappa shape index (κ3) is 6.46. The van der Waals surface area contributed by atoms with E-state index in [0.717, 1.165) is 42.1 Å². The van der Waals surface area contributed by atoms with Crippen LogP contribution in [0.5, 0.6) is 0 Å². The van der Waals surface area contributed by atoms with Crippen molar-refractivity contribution in [2.24, 2.45) is 5.73 Å². The number of aliphatic hydroxyl groups excluding tert-OH is 1. The van der Waals surface area contributed by atoms with Gasteiger partial charge in [-0.25, -0.2) is 14.4 Å². The molecule has 0 radical (unpaired) electrons. The zero-order valence-electron chi connectivity index (χ0n) is 19.7. The zero-order valence-corrected chi connectivity index (χ0v) is 19.7. The Hall–Kier alpha value is -2.58. The highest BCUT2D eigenvalue weighted by Crippen LogP contribution is 2.42. The Bertz CT molecular complexity index is 871. The second kappa shape index (κ2) is 11.9. The maximum absolute atomic E-state index is 12.7. The fraction of sp³-hybridized carbons (Fsp3) is 0.542. The molecule has 1 heterocycles. The smallest absolute Gasteiger partial charge is 0.226 e. The number of nitrogens with two attached hydrogens (primary N) is 1. The van der Waals surface area contributed by atoms with Crippen LogP contribution in [0, 0.1) is 5.82 Å². The third-order valence-electron chi connectivity index (χ3n) is 5.69. The molecule has 0 aliphatic heterocycles. The molecule has 1 aromatic heterocycles. The number of hydrogen-bond donors (Lipinski definition) is 3. The molecule has 0 saturated heterocycles. The maximum Gasteiger partial charge on any atom is 0.226 e. The molecule has 1 aliphatic carbocycles. The van der Waals surface area contributed by atoms with Gasteiger partial charge >= 0.3 is 0 Å². The monoisotopic (exact) mass is 445 g/mol. The van der Waals surface area contributed by atoms with Crippen molar-refractivity contribution in [3.05, 3.63) is 53.2 Å². The van der Waals surface area contributed by atoms with Gasteiger partial charge in [-0.15, -0.1) is 0 Å². The van der Waals surface area contributed by atoms with E-state index in [1.165, 1.54) is 12.1 Å². The number of aliphatic hydroxyl groups is 1. The summed E-state index contributed by atoms with van der Waals surface area (Å²) in [5, 5.41) is 13.0. The van der Waals surface area contributed by atoms with Crippen molar-refractivity contribution in [2.75, 3.05) is 24.5 Å². The first-order valence-corrected chi connectivity index (χ1v) is 11.2. The molecule has 32 heavy (non-hydrogen) atoms. The standard InChI is InChI=1S/C12H17FN2O.C12H19N3O/c1-8(2)15-7-11(12(14)16)9-3-5-10(13)6-4-9;1-4-15(5-2)12-10-8(3)6-9(16)11(10)13-7-14-12/h3-6,8,11,15H,7H2,1-2H3,(H2,14,16);7-9,16H,4-6H2,1-3H3/t;8-,9-/m.1/s1. The van der Waals surface area contributed by atoms with Crippen molar-refractivity contribution in [3.63, 3.8) is 0 Å². The van der Waals surface area contributed by atoms with E-state index < -0.39 is 17.9 Å². The summed E-state index contributed by atoms with van der Waals surface area (Å²) in [5.41, 5.74) is 8.02. The molecular weight excluding hydrogens is 409 g/mol. The Balaban J connectivity index is 0.000000227. The number of primary amides is 1. The van der Waals surface area contributed by atoms with Crippen LogP contribution in [-0.2, 0) is 4.79 Å². The molecule has 8 heteroatoms. The van der Waals surface area contributed by atoms with Gasteiger partial charge in [0.05, 0.1) is 17.7 Å². The molecule has 176 valence electrons. The van der Waals surface area contributed by atoms with Crippen molar-refractivity contribution >= 4 is 11.7 Å². The number of fused-ring (bicyclic) bond motifs is 1. The molecule has 1 amide bonds. The van der Waals surface area contributed by atoms with Gasteiger partial charge in [0, 0.05) is 31.2 Å². The molecule has 7 nitrogen and oxygen atoms in total. The number of halogens is 1. The van der Waals surface area contributed by atoms with Gasteiger partial charge in [-0.1, -0.05) is 32.9 Å². The van der Waals surface area contributed by atoms with Crippen LogP contribution in [0.25, 0.3) is 0 Å². The van der Waals surface area contributed by atoms with E-state index in [1.54, 1.807) is 18.5 Å². The van der Waals surface area contributed by atoms with E-state index in [9.17, 15) is 14.3 Å². The fourth-order valence-electron chi connectivity index (χ4n) is 3.91. The summed E-state index contributed by atoms with van der Waals surface area (Å²) < 4.78 is 12.7. The van der Waals surface area contributed by atoms with Crippen LogP contribution in [0.3, 0.4) is 0 Å². The number of benzene rings is 1. The number of carbonyl (C=O) groups is 1. The lowest BCUT2D eigenvalue weighted by Crippen LogP contribution is -2.34. The number of anilines is 1. The molecule has 1 aromatic carbocycles. The number of aromatic nitrogens is 2. The van der Waals surface area contributed by atoms with Gasteiger partial charge < -0.3 is 21.1 Å². The lowest BCUT2D eigenvalue weighted by molar-refractivity contribution is -0.119. The first-order chi connectivity index (χ1) is 15.2. The molecule has 0 bridgehead atoms. The molecule has 0 fully saturated rings. The molecule has 1 aliphatic rings. The van der Waals surface area contributed by atoms with Crippen LogP contribution in [0.15, 0.2) is 30.6 Å². The second-order valence-electron chi connectivity index (χ2n) is 8.39. The average Bonchev–Trinajstić information content (AvgIpc) is 3.05. The van der Waals surface area contributed by atoms with Crippen LogP contribution in [0.2, 0.25) is 0 Å². The predicted octanol–water partition coefficient (Wildman–Crippen LogP) is 3.26. The normalized spacial score (nSPS) is 18.0. The average molecular weight is 446 g/mol. The molecule has 0 spiro atoms. The summed E-state index contributed by atoms with van der Waals surface area (Å²) >= 11 is 0. The summed E-state index contributed by atoms with van der Waals surface area (Å²) in [6.45, 7) is 12.7. The van der Waals surface area contributed by atoms with Gasteiger partial charge in [0.25, 0.3) is 0 Å². The first kappa shape index (κ1) is 25.7. The van der Waals surface area contributed by atoms with Crippen LogP contribution in [0.4, 0.5) is 10.2 Å². The van der Waals surface area contributed by atoms with Crippen molar-refractivity contribution in [3.8, 4) is 0 Å². The first-order valence-electron chi connectivity index (χ1n) is 11.2. The Morgan fingerprint density at radius 1 is 1.25 bits per heavy atom. The molecule has 2 aromatic rings. The SMILES string of the molecule is CC(C)NCC(C(N)=O)c1ccc(F)cc1.CCN(CC)c1ncnc2c1[C@H](C)C[C@H]2O. The Kier molecular flexibility index (Phi) is 9.53. The van der Waals surface area contributed by atoms with E-state index in [1.807, 2.05) is 13.8 Å². The van der Waals surface area contributed by atoms with E-state index in [-0.39, 0.29) is 11.9 Å². The number of amides is 1. The van der Waals surface area contributed by atoms with Crippen molar-refractivity contribution in [2.45, 2.75) is 65.0 Å². The van der Waals surface area contributed by atoms with Crippen molar-refractivity contribution in [1.82, 2.24) is 15.3 Å². The molecule has 1 unspecified atom stereocenters. The topological polar surface area (TPSA) is 104 Å². The highest BCUT2D eigenvalue weighted by atomic mass is 19.1. The molecule has 0 saturated carbocycles. The van der Waals surface area contributed by atoms with Gasteiger partial charge in [-0.3, -0.25) is 4.79 Å². The fourth-order valence-corrected chi connectivity index (χ4v) is 3.91. The summed E-state index contributed by atoms with van der Waals surface area (Å²) in [6, 6.07) is 6.13. The van der Waals surface area contributed by atoms with Gasteiger partial charge in [0.2, 0.25) is 5.91 Å². The minimum absolute atomic E-state index is 0.280. The molecule has 3 atom stereocenters. The number of nitrogens with one attached hydrogen (secondary N) is 1. The minimum atomic E-state index is -0.415. The highest BCUT2D eigenvalue weighted by molar-refractivity contribution is 5.82. The Labute approximate surface area is 190 Å². The maximum atomic E-state index is 12.7. The van der Waals surface area contributed by atoms with Crippen LogP contribution in [0.1, 0.15) is 75.8 Å². The molecule has 3 rings (SSSR count). The van der Waals surface area contributed by atoms with Gasteiger partial charge in [0.15, 0.2) is 0 Å². The Morgan fingerprint density at radius 2 is 1.88 bits per heavy atom. The van der Waals surface area contributed by atoms with E-state index in [0.29, 0.717) is 12.5 Å².